The second-order valence-corrected chi connectivity index (χ2v) is 6.29. The average Bonchev–Trinajstić information content (AvgIpc) is 2.50. The molecule has 0 spiro atoms. The number of halogens is 1. The van der Waals surface area contributed by atoms with Crippen molar-refractivity contribution < 1.29 is 0 Å². The van der Waals surface area contributed by atoms with Crippen molar-refractivity contribution in [2.75, 3.05) is 5.32 Å². The molecule has 0 aliphatic rings. The van der Waals surface area contributed by atoms with Crippen molar-refractivity contribution in [3.05, 3.63) is 76.3 Å². The van der Waals surface area contributed by atoms with Crippen LogP contribution >= 0.6 is 15.9 Å². The van der Waals surface area contributed by atoms with Crippen LogP contribution in [0.25, 0.3) is 10.8 Å². The molecule has 0 saturated carbocycles. The third-order valence-corrected chi connectivity index (χ3v) is 4.68. The highest BCUT2D eigenvalue weighted by molar-refractivity contribution is 9.10. The van der Waals surface area contributed by atoms with Crippen molar-refractivity contribution in [1.29, 1.82) is 0 Å². The van der Waals surface area contributed by atoms with Gasteiger partial charge in [-0.1, -0.05) is 58.4 Å². The number of benzene rings is 3. The summed E-state index contributed by atoms with van der Waals surface area (Å²) in [4.78, 5) is 0. The van der Waals surface area contributed by atoms with Crippen LogP contribution < -0.4 is 5.32 Å². The van der Waals surface area contributed by atoms with Gasteiger partial charge < -0.3 is 5.32 Å². The number of nitrogens with one attached hydrogen (secondary N) is 1. The molecular formula is C19H18BrN. The van der Waals surface area contributed by atoms with Gasteiger partial charge in [-0.05, 0) is 53.9 Å². The first-order chi connectivity index (χ1) is 10.1. The van der Waals surface area contributed by atoms with E-state index < -0.39 is 0 Å². The fourth-order valence-electron chi connectivity index (χ4n) is 2.49. The molecule has 0 aromatic heterocycles. The Labute approximate surface area is 134 Å². The molecule has 0 aliphatic heterocycles. The highest BCUT2D eigenvalue weighted by Gasteiger charge is 2.07. The molecule has 0 aliphatic carbocycles. The van der Waals surface area contributed by atoms with Crippen molar-refractivity contribution in [2.24, 2.45) is 0 Å². The van der Waals surface area contributed by atoms with E-state index in [0.717, 1.165) is 10.2 Å². The summed E-state index contributed by atoms with van der Waals surface area (Å²) in [5.74, 6) is 0. The summed E-state index contributed by atoms with van der Waals surface area (Å²) < 4.78 is 1.14. The molecule has 2 heteroatoms. The second kappa shape index (κ2) is 5.90. The normalized spacial score (nSPS) is 12.3. The predicted molar refractivity (Wildman–Crippen MR) is 94.9 cm³/mol. The van der Waals surface area contributed by atoms with Crippen LogP contribution in [0.3, 0.4) is 0 Å². The Bertz CT molecular complexity index is 779. The maximum Gasteiger partial charge on any atom is 0.0485 e. The standard InChI is InChI=1S/C19H18BrN/c1-13-7-10-18(12-19(13)20)21-14(2)16-9-8-15-5-3-4-6-17(15)11-16/h3-12,14,21H,1-2H3. The van der Waals surface area contributed by atoms with Crippen molar-refractivity contribution in [3.8, 4) is 0 Å². The molecule has 3 rings (SSSR count). The van der Waals surface area contributed by atoms with Crippen molar-refractivity contribution in [1.82, 2.24) is 0 Å². The van der Waals surface area contributed by atoms with Gasteiger partial charge in [0.25, 0.3) is 0 Å². The minimum absolute atomic E-state index is 0.268. The van der Waals surface area contributed by atoms with E-state index >= 15 is 0 Å². The van der Waals surface area contributed by atoms with Gasteiger partial charge in [0.1, 0.15) is 0 Å². The first kappa shape index (κ1) is 14.2. The molecule has 3 aromatic rings. The van der Waals surface area contributed by atoms with Crippen molar-refractivity contribution in [3.63, 3.8) is 0 Å². The topological polar surface area (TPSA) is 12.0 Å². The van der Waals surface area contributed by atoms with Crippen LogP contribution in [0.2, 0.25) is 0 Å². The Hall–Kier alpha value is -1.80. The molecule has 0 fully saturated rings. The Morgan fingerprint density at radius 3 is 2.43 bits per heavy atom. The zero-order chi connectivity index (χ0) is 14.8. The molecule has 1 nitrogen and oxygen atoms in total. The number of fused-ring (bicyclic) bond motifs is 1. The lowest BCUT2D eigenvalue weighted by atomic mass is 10.0. The van der Waals surface area contributed by atoms with E-state index in [-0.39, 0.29) is 6.04 Å². The number of anilines is 1. The van der Waals surface area contributed by atoms with Crippen LogP contribution in [-0.4, -0.2) is 0 Å². The van der Waals surface area contributed by atoms with E-state index in [1.807, 2.05) is 0 Å². The molecule has 21 heavy (non-hydrogen) atoms. The van der Waals surface area contributed by atoms with E-state index in [2.05, 4.69) is 95.8 Å². The van der Waals surface area contributed by atoms with Crippen LogP contribution in [0, 0.1) is 6.92 Å². The van der Waals surface area contributed by atoms with Gasteiger partial charge in [-0.3, -0.25) is 0 Å². The minimum Gasteiger partial charge on any atom is -0.378 e. The Morgan fingerprint density at radius 1 is 0.905 bits per heavy atom. The van der Waals surface area contributed by atoms with Crippen molar-refractivity contribution >= 4 is 32.4 Å². The van der Waals surface area contributed by atoms with Crippen molar-refractivity contribution in [2.45, 2.75) is 19.9 Å². The van der Waals surface area contributed by atoms with E-state index in [4.69, 9.17) is 0 Å². The molecule has 106 valence electrons. The first-order valence-corrected chi connectivity index (χ1v) is 7.94. The summed E-state index contributed by atoms with van der Waals surface area (Å²) in [6.07, 6.45) is 0. The molecule has 1 N–H and O–H groups in total. The van der Waals surface area contributed by atoms with Crippen LogP contribution in [0.5, 0.6) is 0 Å². The van der Waals surface area contributed by atoms with Crippen LogP contribution in [0.1, 0.15) is 24.1 Å². The van der Waals surface area contributed by atoms with Gasteiger partial charge in [0.15, 0.2) is 0 Å². The molecule has 0 heterocycles. The maximum absolute atomic E-state index is 3.58. The number of hydrogen-bond donors (Lipinski definition) is 1. The first-order valence-electron chi connectivity index (χ1n) is 7.15. The van der Waals surface area contributed by atoms with Gasteiger partial charge in [0, 0.05) is 16.2 Å². The number of aryl methyl sites for hydroxylation is 1. The smallest absolute Gasteiger partial charge is 0.0485 e. The number of rotatable bonds is 3. The fraction of sp³-hybridized carbons (Fsp3) is 0.158. The monoisotopic (exact) mass is 339 g/mol. The Balaban J connectivity index is 1.85. The summed E-state index contributed by atoms with van der Waals surface area (Å²) in [7, 11) is 0. The quantitative estimate of drug-likeness (QED) is 0.609. The van der Waals surface area contributed by atoms with Crippen LogP contribution in [0.4, 0.5) is 5.69 Å². The second-order valence-electron chi connectivity index (χ2n) is 5.44. The lowest BCUT2D eigenvalue weighted by Crippen LogP contribution is -2.06. The lowest BCUT2D eigenvalue weighted by Gasteiger charge is -2.17. The summed E-state index contributed by atoms with van der Waals surface area (Å²) >= 11 is 3.58. The zero-order valence-electron chi connectivity index (χ0n) is 12.2. The van der Waals surface area contributed by atoms with E-state index in [9.17, 15) is 0 Å². The van der Waals surface area contributed by atoms with E-state index in [1.165, 1.54) is 21.9 Å². The van der Waals surface area contributed by atoms with Gasteiger partial charge in [0.2, 0.25) is 0 Å². The van der Waals surface area contributed by atoms with Gasteiger partial charge in [-0.25, -0.2) is 0 Å². The van der Waals surface area contributed by atoms with Gasteiger partial charge in [0.05, 0.1) is 0 Å². The molecule has 0 bridgehead atoms. The van der Waals surface area contributed by atoms with Gasteiger partial charge >= 0.3 is 0 Å². The van der Waals surface area contributed by atoms with Gasteiger partial charge in [-0.15, -0.1) is 0 Å². The summed E-state index contributed by atoms with van der Waals surface area (Å²) in [5, 5.41) is 6.13. The average molecular weight is 340 g/mol. The maximum atomic E-state index is 3.58. The highest BCUT2D eigenvalue weighted by atomic mass is 79.9. The third kappa shape index (κ3) is 3.11. The number of hydrogen-bond acceptors (Lipinski definition) is 1. The zero-order valence-corrected chi connectivity index (χ0v) is 13.8. The largest absolute Gasteiger partial charge is 0.378 e. The van der Waals surface area contributed by atoms with E-state index in [0.29, 0.717) is 0 Å². The van der Waals surface area contributed by atoms with Crippen LogP contribution in [-0.2, 0) is 0 Å². The molecule has 0 saturated heterocycles. The third-order valence-electron chi connectivity index (χ3n) is 3.83. The summed E-state index contributed by atoms with van der Waals surface area (Å²) in [5.41, 5.74) is 3.68. The molecule has 1 unspecified atom stereocenters. The molecule has 3 aromatic carbocycles. The summed E-state index contributed by atoms with van der Waals surface area (Å²) in [6, 6.07) is 21.8. The van der Waals surface area contributed by atoms with Crippen LogP contribution in [0.15, 0.2) is 65.1 Å². The molecular weight excluding hydrogens is 322 g/mol. The SMILES string of the molecule is Cc1ccc(NC(C)c2ccc3ccccc3c2)cc1Br. The Morgan fingerprint density at radius 2 is 1.67 bits per heavy atom. The Kier molecular flexibility index (Phi) is 3.98. The molecule has 0 radical (unpaired) electrons. The highest BCUT2D eigenvalue weighted by Crippen LogP contribution is 2.26. The predicted octanol–water partition coefficient (Wildman–Crippen LogP) is 6.08. The minimum atomic E-state index is 0.268. The molecule has 0 amide bonds. The van der Waals surface area contributed by atoms with E-state index in [1.54, 1.807) is 0 Å². The summed E-state index contributed by atoms with van der Waals surface area (Å²) in [6.45, 7) is 4.29. The molecule has 1 atom stereocenters. The lowest BCUT2D eigenvalue weighted by molar-refractivity contribution is 0.886. The van der Waals surface area contributed by atoms with Gasteiger partial charge in [-0.2, -0.15) is 0 Å². The fourth-order valence-corrected chi connectivity index (χ4v) is 2.87.